The van der Waals surface area contributed by atoms with Gasteiger partial charge in [-0.3, -0.25) is 4.79 Å². The smallest absolute Gasteiger partial charge is 0.163 e. The molecule has 29 heavy (non-hydrogen) atoms. The van der Waals surface area contributed by atoms with E-state index in [1.54, 1.807) is 0 Å². The van der Waals surface area contributed by atoms with E-state index in [-0.39, 0.29) is 0 Å². The molecule has 0 N–H and O–H groups in total. The summed E-state index contributed by atoms with van der Waals surface area (Å²) in [6.45, 7) is 2.29. The molecule has 0 saturated carbocycles. The fourth-order valence-corrected chi connectivity index (χ4v) is 4.85. The zero-order chi connectivity index (χ0) is 20.6. The minimum Gasteiger partial charge on any atom is -0.294 e. The third kappa shape index (κ3) is 9.96. The molecule has 0 unspecified atom stereocenters. The third-order valence-electron chi connectivity index (χ3n) is 6.70. The number of ketones is 1. The van der Waals surface area contributed by atoms with Crippen LogP contribution in [0.2, 0.25) is 0 Å². The largest absolute Gasteiger partial charge is 0.294 e. The molecule has 0 radical (unpaired) electrons. The predicted octanol–water partition coefficient (Wildman–Crippen LogP) is 9.01. The Morgan fingerprint density at radius 2 is 1.17 bits per heavy atom. The van der Waals surface area contributed by atoms with Gasteiger partial charge in [-0.15, -0.1) is 0 Å². The molecule has 2 rings (SSSR count). The van der Waals surface area contributed by atoms with Crippen LogP contribution in [0.5, 0.6) is 0 Å². The predicted molar refractivity (Wildman–Crippen MR) is 127 cm³/mol. The molecular formula is C28H46O. The summed E-state index contributed by atoms with van der Waals surface area (Å²) in [6, 6.07) is 6.38. The minimum atomic E-state index is 0.361. The number of hydrogen-bond donors (Lipinski definition) is 0. The van der Waals surface area contributed by atoms with Crippen LogP contribution in [0.4, 0.5) is 0 Å². The van der Waals surface area contributed by atoms with Crippen molar-refractivity contribution in [2.45, 2.75) is 135 Å². The highest BCUT2D eigenvalue weighted by molar-refractivity contribution is 5.98. The Labute approximate surface area is 181 Å². The number of unbranched alkanes of at least 4 members (excludes halogenated alkanes) is 15. The normalized spacial score (nSPS) is 13.6. The first-order valence-electron chi connectivity index (χ1n) is 13.0. The molecule has 0 bridgehead atoms. The van der Waals surface area contributed by atoms with Crippen molar-refractivity contribution in [3.05, 3.63) is 34.9 Å². The molecule has 1 aliphatic rings. The molecule has 1 aliphatic carbocycles. The number of Topliss-reactive ketones (excluding diaryl/α,β-unsaturated/α-hetero) is 1. The molecular weight excluding hydrogens is 352 g/mol. The first-order valence-corrected chi connectivity index (χ1v) is 13.0. The van der Waals surface area contributed by atoms with E-state index in [0.717, 1.165) is 31.2 Å². The SMILES string of the molecule is CCCCCCCCCCCCCCCCCCc1cccc2c1CCCC2=O. The van der Waals surface area contributed by atoms with E-state index >= 15 is 0 Å². The zero-order valence-corrected chi connectivity index (χ0v) is 19.3. The van der Waals surface area contributed by atoms with Gasteiger partial charge in [-0.25, -0.2) is 0 Å². The molecule has 0 fully saturated rings. The van der Waals surface area contributed by atoms with Crippen LogP contribution >= 0.6 is 0 Å². The number of carbonyl (C=O) groups excluding carboxylic acids is 1. The third-order valence-corrected chi connectivity index (χ3v) is 6.70. The Morgan fingerprint density at radius 1 is 0.655 bits per heavy atom. The molecule has 1 aromatic rings. The van der Waals surface area contributed by atoms with Gasteiger partial charge in [0.2, 0.25) is 0 Å². The molecule has 0 heterocycles. The standard InChI is InChI=1S/C28H46O/c1-2-3-4-5-6-7-8-9-10-11-12-13-14-15-16-17-20-25-21-18-23-27-26(25)22-19-24-28(27)29/h18,21,23H,2-17,19-20,22,24H2,1H3. The molecule has 1 aromatic carbocycles. The van der Waals surface area contributed by atoms with Crippen LogP contribution in [-0.4, -0.2) is 5.78 Å². The van der Waals surface area contributed by atoms with E-state index in [9.17, 15) is 4.79 Å². The van der Waals surface area contributed by atoms with E-state index in [1.165, 1.54) is 114 Å². The molecule has 0 aliphatic heterocycles. The summed E-state index contributed by atoms with van der Waals surface area (Å²) in [5.41, 5.74) is 3.83. The van der Waals surface area contributed by atoms with Crippen molar-refractivity contribution in [3.63, 3.8) is 0 Å². The maximum atomic E-state index is 12.1. The molecule has 0 spiro atoms. The first-order chi connectivity index (χ1) is 14.3. The number of hydrogen-bond acceptors (Lipinski definition) is 1. The Hall–Kier alpha value is -1.11. The van der Waals surface area contributed by atoms with Crippen molar-refractivity contribution in [1.29, 1.82) is 0 Å². The molecule has 164 valence electrons. The Bertz CT molecular complexity index is 559. The Morgan fingerprint density at radius 3 is 1.72 bits per heavy atom. The van der Waals surface area contributed by atoms with Crippen molar-refractivity contribution >= 4 is 5.78 Å². The average molecular weight is 399 g/mol. The van der Waals surface area contributed by atoms with Gasteiger partial charge in [0.15, 0.2) is 5.78 Å². The van der Waals surface area contributed by atoms with E-state index in [4.69, 9.17) is 0 Å². The number of carbonyl (C=O) groups is 1. The summed E-state index contributed by atoms with van der Waals surface area (Å²) < 4.78 is 0. The topological polar surface area (TPSA) is 17.1 Å². The van der Waals surface area contributed by atoms with Gasteiger partial charge < -0.3 is 0 Å². The first kappa shape index (κ1) is 24.2. The molecule has 0 amide bonds. The molecule has 0 aromatic heterocycles. The van der Waals surface area contributed by atoms with E-state index < -0.39 is 0 Å². The second-order valence-corrected chi connectivity index (χ2v) is 9.27. The molecule has 0 saturated heterocycles. The molecule has 1 heteroatoms. The highest BCUT2D eigenvalue weighted by Gasteiger charge is 2.18. The lowest BCUT2D eigenvalue weighted by Crippen LogP contribution is -2.12. The van der Waals surface area contributed by atoms with Gasteiger partial charge in [0, 0.05) is 12.0 Å². The number of fused-ring (bicyclic) bond motifs is 1. The monoisotopic (exact) mass is 398 g/mol. The fourth-order valence-electron chi connectivity index (χ4n) is 4.85. The lowest BCUT2D eigenvalue weighted by atomic mass is 9.86. The van der Waals surface area contributed by atoms with Gasteiger partial charge in [-0.1, -0.05) is 121 Å². The second-order valence-electron chi connectivity index (χ2n) is 9.27. The summed E-state index contributed by atoms with van der Waals surface area (Å²) in [5, 5.41) is 0. The summed E-state index contributed by atoms with van der Waals surface area (Å²) in [7, 11) is 0. The van der Waals surface area contributed by atoms with Crippen LogP contribution in [0.25, 0.3) is 0 Å². The van der Waals surface area contributed by atoms with E-state index in [1.807, 2.05) is 6.07 Å². The van der Waals surface area contributed by atoms with Crippen molar-refractivity contribution < 1.29 is 4.79 Å². The fraction of sp³-hybridized carbons (Fsp3) is 0.750. The van der Waals surface area contributed by atoms with Crippen molar-refractivity contribution in [1.82, 2.24) is 0 Å². The van der Waals surface area contributed by atoms with Crippen molar-refractivity contribution in [3.8, 4) is 0 Å². The van der Waals surface area contributed by atoms with Crippen molar-refractivity contribution in [2.24, 2.45) is 0 Å². The summed E-state index contributed by atoms with van der Waals surface area (Å²) in [5.74, 6) is 0.361. The van der Waals surface area contributed by atoms with Crippen LogP contribution in [0, 0.1) is 0 Å². The quantitative estimate of drug-likeness (QED) is 0.239. The van der Waals surface area contributed by atoms with Crippen LogP contribution in [0.3, 0.4) is 0 Å². The Kier molecular flexibility index (Phi) is 13.1. The molecule has 1 nitrogen and oxygen atoms in total. The van der Waals surface area contributed by atoms with Gasteiger partial charge in [0.25, 0.3) is 0 Å². The lowest BCUT2D eigenvalue weighted by Gasteiger charge is -2.18. The number of rotatable bonds is 17. The highest BCUT2D eigenvalue weighted by Crippen LogP contribution is 2.26. The van der Waals surface area contributed by atoms with Crippen LogP contribution in [-0.2, 0) is 12.8 Å². The summed E-state index contributed by atoms with van der Waals surface area (Å²) in [6.07, 6.45) is 26.7. The van der Waals surface area contributed by atoms with Crippen LogP contribution in [0.1, 0.15) is 144 Å². The van der Waals surface area contributed by atoms with Crippen LogP contribution in [0.15, 0.2) is 18.2 Å². The second kappa shape index (κ2) is 15.7. The van der Waals surface area contributed by atoms with Gasteiger partial charge >= 0.3 is 0 Å². The maximum absolute atomic E-state index is 12.1. The van der Waals surface area contributed by atoms with E-state index in [0.29, 0.717) is 5.78 Å². The highest BCUT2D eigenvalue weighted by atomic mass is 16.1. The minimum absolute atomic E-state index is 0.361. The lowest BCUT2D eigenvalue weighted by molar-refractivity contribution is 0.0972. The van der Waals surface area contributed by atoms with Crippen LogP contribution < -0.4 is 0 Å². The van der Waals surface area contributed by atoms with Gasteiger partial charge in [0.1, 0.15) is 0 Å². The van der Waals surface area contributed by atoms with Gasteiger partial charge in [-0.2, -0.15) is 0 Å². The molecule has 0 atom stereocenters. The number of benzene rings is 1. The zero-order valence-electron chi connectivity index (χ0n) is 19.3. The summed E-state index contributed by atoms with van der Waals surface area (Å²) >= 11 is 0. The van der Waals surface area contributed by atoms with Gasteiger partial charge in [0.05, 0.1) is 0 Å². The summed E-state index contributed by atoms with van der Waals surface area (Å²) in [4.78, 5) is 12.1. The average Bonchev–Trinajstić information content (AvgIpc) is 2.74. The van der Waals surface area contributed by atoms with E-state index in [2.05, 4.69) is 19.1 Å². The van der Waals surface area contributed by atoms with Crippen molar-refractivity contribution in [2.75, 3.05) is 0 Å². The van der Waals surface area contributed by atoms with Gasteiger partial charge in [-0.05, 0) is 36.8 Å². The Balaban J connectivity index is 1.39. The maximum Gasteiger partial charge on any atom is 0.163 e. The number of aryl methyl sites for hydroxylation is 1.